The lowest BCUT2D eigenvalue weighted by molar-refractivity contribution is -0.384. The monoisotopic (exact) mass is 415 g/mol. The highest BCUT2D eigenvalue weighted by molar-refractivity contribution is 5.93. The molecule has 0 spiro atoms. The molecule has 0 saturated carbocycles. The fourth-order valence-corrected chi connectivity index (χ4v) is 3.48. The van der Waals surface area contributed by atoms with E-state index in [-0.39, 0.29) is 17.3 Å². The first-order chi connectivity index (χ1) is 14.5. The molecular formula is C21H25N3O6. The number of amides is 1. The molecule has 1 aromatic heterocycles. The van der Waals surface area contributed by atoms with Crippen LogP contribution in [0.2, 0.25) is 0 Å². The molecule has 2 heterocycles. The lowest BCUT2D eigenvalue weighted by atomic mass is 10.1. The maximum absolute atomic E-state index is 12.3. The van der Waals surface area contributed by atoms with E-state index in [1.165, 1.54) is 18.4 Å². The second kappa shape index (κ2) is 9.91. The molecule has 1 N–H and O–H groups in total. The van der Waals surface area contributed by atoms with Crippen molar-refractivity contribution in [3.63, 3.8) is 0 Å². The third-order valence-corrected chi connectivity index (χ3v) is 5.04. The number of anilines is 1. The summed E-state index contributed by atoms with van der Waals surface area (Å²) in [5, 5.41) is 14.2. The lowest BCUT2D eigenvalue weighted by Gasteiger charge is -2.22. The summed E-state index contributed by atoms with van der Waals surface area (Å²) in [5.41, 5.74) is 0.401. The zero-order chi connectivity index (χ0) is 21.5. The Bertz CT molecular complexity index is 888. The summed E-state index contributed by atoms with van der Waals surface area (Å²) in [6.45, 7) is 2.74. The molecule has 2 aromatic rings. The Morgan fingerprint density at radius 2 is 1.97 bits per heavy atom. The maximum Gasteiger partial charge on any atom is 0.338 e. The van der Waals surface area contributed by atoms with Crippen LogP contribution in [-0.4, -0.2) is 36.5 Å². The van der Waals surface area contributed by atoms with E-state index in [9.17, 15) is 19.7 Å². The molecule has 1 aliphatic heterocycles. The molecule has 0 unspecified atom stereocenters. The largest absolute Gasteiger partial charge is 0.467 e. The average molecular weight is 415 g/mol. The highest BCUT2D eigenvalue weighted by Crippen LogP contribution is 2.31. The van der Waals surface area contributed by atoms with Crippen molar-refractivity contribution in [3.05, 3.63) is 58.0 Å². The number of nitrogens with zero attached hydrogens (tertiary/aromatic N) is 2. The number of nitro groups is 1. The SMILES string of the molecule is C[C@H](NC(=O)COC(=O)c1ccc(N2CCCCCC2)c([N+](=O)[O-])c1)c1ccco1. The molecule has 1 amide bonds. The molecule has 1 fully saturated rings. The van der Waals surface area contributed by atoms with Gasteiger partial charge in [-0.15, -0.1) is 0 Å². The third-order valence-electron chi connectivity index (χ3n) is 5.04. The summed E-state index contributed by atoms with van der Waals surface area (Å²) in [6, 6.07) is 7.35. The summed E-state index contributed by atoms with van der Waals surface area (Å²) in [5.74, 6) is -0.710. The van der Waals surface area contributed by atoms with Crippen LogP contribution < -0.4 is 10.2 Å². The number of hydrogen-bond donors (Lipinski definition) is 1. The van der Waals surface area contributed by atoms with Gasteiger partial charge < -0.3 is 19.4 Å². The minimum atomic E-state index is -0.790. The van der Waals surface area contributed by atoms with Crippen LogP contribution >= 0.6 is 0 Å². The molecule has 160 valence electrons. The first-order valence-electron chi connectivity index (χ1n) is 9.99. The standard InChI is InChI=1S/C21H25N3O6/c1-15(19-7-6-12-29-19)22-20(25)14-30-21(26)16-8-9-17(18(13-16)24(27)28)23-10-4-2-3-5-11-23/h6-9,12-13,15H,2-5,10-11,14H2,1H3,(H,22,25)/t15-/m0/s1. The highest BCUT2D eigenvalue weighted by Gasteiger charge is 2.23. The summed E-state index contributed by atoms with van der Waals surface area (Å²) >= 11 is 0. The van der Waals surface area contributed by atoms with E-state index >= 15 is 0 Å². The number of rotatable bonds is 7. The van der Waals surface area contributed by atoms with E-state index in [0.29, 0.717) is 11.4 Å². The number of furan rings is 1. The van der Waals surface area contributed by atoms with Crippen molar-refractivity contribution in [3.8, 4) is 0 Å². The highest BCUT2D eigenvalue weighted by atomic mass is 16.6. The van der Waals surface area contributed by atoms with Gasteiger partial charge in [-0.1, -0.05) is 12.8 Å². The van der Waals surface area contributed by atoms with Crippen molar-refractivity contribution >= 4 is 23.3 Å². The van der Waals surface area contributed by atoms with Gasteiger partial charge in [-0.05, 0) is 44.0 Å². The van der Waals surface area contributed by atoms with Gasteiger partial charge in [-0.2, -0.15) is 0 Å². The number of carbonyl (C=O) groups excluding carboxylic acids is 2. The van der Waals surface area contributed by atoms with Crippen molar-refractivity contribution in [2.24, 2.45) is 0 Å². The second-order valence-electron chi connectivity index (χ2n) is 7.24. The minimum Gasteiger partial charge on any atom is -0.467 e. The average Bonchev–Trinajstić information content (AvgIpc) is 3.14. The summed E-state index contributed by atoms with van der Waals surface area (Å²) < 4.78 is 10.2. The maximum atomic E-state index is 12.3. The van der Waals surface area contributed by atoms with Gasteiger partial charge >= 0.3 is 5.97 Å². The summed E-state index contributed by atoms with van der Waals surface area (Å²) in [6.07, 6.45) is 5.67. The Morgan fingerprint density at radius 3 is 2.60 bits per heavy atom. The first-order valence-corrected chi connectivity index (χ1v) is 9.99. The number of benzene rings is 1. The van der Waals surface area contributed by atoms with Crippen LogP contribution in [0.1, 0.15) is 54.8 Å². The number of esters is 1. The summed E-state index contributed by atoms with van der Waals surface area (Å²) in [7, 11) is 0. The van der Waals surface area contributed by atoms with Gasteiger partial charge in [0.15, 0.2) is 6.61 Å². The van der Waals surface area contributed by atoms with Crippen LogP contribution in [-0.2, 0) is 9.53 Å². The van der Waals surface area contributed by atoms with E-state index in [1.54, 1.807) is 25.1 Å². The number of hydrogen-bond acceptors (Lipinski definition) is 7. The second-order valence-corrected chi connectivity index (χ2v) is 7.24. The van der Waals surface area contributed by atoms with Gasteiger partial charge in [0, 0.05) is 19.2 Å². The number of nitrogens with one attached hydrogen (secondary N) is 1. The fraction of sp³-hybridized carbons (Fsp3) is 0.429. The van der Waals surface area contributed by atoms with Gasteiger partial charge in [0.05, 0.1) is 22.8 Å². The normalized spacial score (nSPS) is 15.2. The number of carbonyl (C=O) groups is 2. The molecule has 3 rings (SSSR count). The Hall–Kier alpha value is -3.36. The van der Waals surface area contributed by atoms with E-state index in [4.69, 9.17) is 9.15 Å². The molecule has 1 aliphatic rings. The number of nitro benzene ring substituents is 1. The van der Waals surface area contributed by atoms with Gasteiger partial charge in [0.1, 0.15) is 11.4 Å². The minimum absolute atomic E-state index is 0.0344. The van der Waals surface area contributed by atoms with Gasteiger partial charge in [-0.3, -0.25) is 14.9 Å². The predicted octanol–water partition coefficient (Wildman–Crippen LogP) is 3.60. The molecule has 9 heteroatoms. The third kappa shape index (κ3) is 5.37. The van der Waals surface area contributed by atoms with Crippen molar-refractivity contribution in [2.45, 2.75) is 38.6 Å². The summed E-state index contributed by atoms with van der Waals surface area (Å²) in [4.78, 5) is 37.4. The number of ether oxygens (including phenoxy) is 1. The van der Waals surface area contributed by atoms with Crippen molar-refractivity contribution < 1.29 is 23.7 Å². The van der Waals surface area contributed by atoms with Crippen molar-refractivity contribution in [1.82, 2.24) is 5.32 Å². The van der Waals surface area contributed by atoms with Crippen molar-refractivity contribution in [1.29, 1.82) is 0 Å². The fourth-order valence-electron chi connectivity index (χ4n) is 3.48. The molecular weight excluding hydrogens is 390 g/mol. The Morgan fingerprint density at radius 1 is 1.23 bits per heavy atom. The Balaban J connectivity index is 1.63. The van der Waals surface area contributed by atoms with Crippen LogP contribution in [0.5, 0.6) is 0 Å². The lowest BCUT2D eigenvalue weighted by Crippen LogP contribution is -2.31. The van der Waals surface area contributed by atoms with Gasteiger partial charge in [0.2, 0.25) is 0 Å². The van der Waals surface area contributed by atoms with Crippen LogP contribution in [0.25, 0.3) is 0 Å². The zero-order valence-electron chi connectivity index (χ0n) is 16.8. The van der Waals surface area contributed by atoms with E-state index in [1.807, 2.05) is 4.90 Å². The van der Waals surface area contributed by atoms with Crippen LogP contribution in [0.4, 0.5) is 11.4 Å². The molecule has 0 aliphatic carbocycles. The van der Waals surface area contributed by atoms with Gasteiger partial charge in [-0.25, -0.2) is 4.79 Å². The topological polar surface area (TPSA) is 115 Å². The molecule has 30 heavy (non-hydrogen) atoms. The van der Waals surface area contributed by atoms with Crippen LogP contribution in [0, 0.1) is 10.1 Å². The van der Waals surface area contributed by atoms with E-state index in [2.05, 4.69) is 5.32 Å². The molecule has 1 atom stereocenters. The molecule has 9 nitrogen and oxygen atoms in total. The molecule has 0 bridgehead atoms. The van der Waals surface area contributed by atoms with Gasteiger partial charge in [0.25, 0.3) is 11.6 Å². The molecule has 1 aromatic carbocycles. The van der Waals surface area contributed by atoms with Crippen LogP contribution in [0.3, 0.4) is 0 Å². The zero-order valence-corrected chi connectivity index (χ0v) is 16.8. The van der Waals surface area contributed by atoms with E-state index < -0.39 is 23.4 Å². The van der Waals surface area contributed by atoms with Crippen LogP contribution in [0.15, 0.2) is 41.0 Å². The quantitative estimate of drug-likeness (QED) is 0.417. The van der Waals surface area contributed by atoms with Crippen molar-refractivity contribution in [2.75, 3.05) is 24.6 Å². The Labute approximate surface area is 174 Å². The smallest absolute Gasteiger partial charge is 0.338 e. The molecule has 1 saturated heterocycles. The Kier molecular flexibility index (Phi) is 7.05. The van der Waals surface area contributed by atoms with E-state index in [0.717, 1.165) is 38.8 Å². The molecule has 0 radical (unpaired) electrons. The first kappa shape index (κ1) is 21.4. The predicted molar refractivity (Wildman–Crippen MR) is 109 cm³/mol.